The van der Waals surface area contributed by atoms with Gasteiger partial charge in [-0.1, -0.05) is 12.1 Å². The molecule has 0 saturated carbocycles. The molecule has 1 aromatic heterocycles. The predicted octanol–water partition coefficient (Wildman–Crippen LogP) is 1.27. The number of carbonyl (C=O) groups is 3. The third kappa shape index (κ3) is 4.55. The molecule has 0 aliphatic carbocycles. The Hall–Kier alpha value is -2.91. The van der Waals surface area contributed by atoms with E-state index in [1.807, 2.05) is 17.5 Å². The van der Waals surface area contributed by atoms with Gasteiger partial charge in [0.15, 0.2) is 0 Å². The summed E-state index contributed by atoms with van der Waals surface area (Å²) >= 11 is 1.46. The number of hydrogen-bond donors (Lipinski definition) is 5. The van der Waals surface area contributed by atoms with Crippen LogP contribution in [0, 0.1) is 0 Å². The van der Waals surface area contributed by atoms with Crippen LogP contribution >= 0.6 is 11.3 Å². The van der Waals surface area contributed by atoms with Crippen molar-refractivity contribution < 1.29 is 19.5 Å². The summed E-state index contributed by atoms with van der Waals surface area (Å²) < 4.78 is 0. The van der Waals surface area contributed by atoms with Gasteiger partial charge in [-0.15, -0.1) is 11.3 Å². The van der Waals surface area contributed by atoms with Crippen molar-refractivity contribution >= 4 is 34.9 Å². The van der Waals surface area contributed by atoms with Crippen LogP contribution in [0.25, 0.3) is 0 Å². The molecule has 2 atom stereocenters. The number of amides is 3. The molecular weight excluding hydrogens is 344 g/mol. The van der Waals surface area contributed by atoms with E-state index in [1.165, 1.54) is 17.4 Å². The predicted molar refractivity (Wildman–Crippen MR) is 94.6 cm³/mol. The Morgan fingerprint density at radius 3 is 2.44 bits per heavy atom. The molecule has 0 aliphatic heterocycles. The molecule has 8 nitrogen and oxygen atoms in total. The van der Waals surface area contributed by atoms with Crippen LogP contribution in [0.15, 0.2) is 35.7 Å². The van der Waals surface area contributed by atoms with Crippen molar-refractivity contribution in [1.82, 2.24) is 0 Å². The molecule has 1 aromatic carbocycles. The topological polar surface area (TPSA) is 162 Å². The van der Waals surface area contributed by atoms with Crippen LogP contribution in [-0.4, -0.2) is 29.1 Å². The molecule has 2 aromatic rings. The highest BCUT2D eigenvalue weighted by molar-refractivity contribution is 7.10. The van der Waals surface area contributed by atoms with Gasteiger partial charge in [0.05, 0.1) is 11.3 Å². The zero-order valence-corrected chi connectivity index (χ0v) is 14.0. The Kier molecular flexibility index (Phi) is 5.73. The lowest BCUT2D eigenvalue weighted by Crippen LogP contribution is -2.32. The molecule has 0 spiro atoms. The molecule has 25 heavy (non-hydrogen) atoms. The standard InChI is InChI=1S/C16H18N4O4S/c17-11(15(22)23)7-10(13-2-1-5-25-13)8-3-4-9(14(18)21)12(6-8)20-16(19)24/h1-6,10-11H,7,17H2,(H2,18,21)(H,22,23)(H3,19,20,24)/t10?,11-/m0/s1. The number of hydrogen-bond acceptors (Lipinski definition) is 5. The Morgan fingerprint density at radius 2 is 1.92 bits per heavy atom. The zero-order chi connectivity index (χ0) is 18.6. The largest absolute Gasteiger partial charge is 0.480 e. The average molecular weight is 362 g/mol. The molecule has 3 amide bonds. The van der Waals surface area contributed by atoms with E-state index >= 15 is 0 Å². The summed E-state index contributed by atoms with van der Waals surface area (Å²) in [5, 5.41) is 13.3. The minimum atomic E-state index is -1.11. The molecule has 1 heterocycles. The van der Waals surface area contributed by atoms with Gasteiger partial charge in [-0.05, 0) is 35.6 Å². The second-order valence-electron chi connectivity index (χ2n) is 5.41. The molecule has 0 bridgehead atoms. The fourth-order valence-corrected chi connectivity index (χ4v) is 3.36. The molecule has 132 valence electrons. The second kappa shape index (κ2) is 7.77. The van der Waals surface area contributed by atoms with E-state index in [-0.39, 0.29) is 23.6 Å². The molecular formula is C16H18N4O4S. The average Bonchev–Trinajstić information content (AvgIpc) is 3.05. The minimum Gasteiger partial charge on any atom is -0.480 e. The number of nitrogens with two attached hydrogens (primary N) is 3. The summed E-state index contributed by atoms with van der Waals surface area (Å²) in [4.78, 5) is 34.7. The van der Waals surface area contributed by atoms with Crippen LogP contribution in [0.2, 0.25) is 0 Å². The lowest BCUT2D eigenvalue weighted by molar-refractivity contribution is -0.138. The smallest absolute Gasteiger partial charge is 0.320 e. The maximum Gasteiger partial charge on any atom is 0.320 e. The molecule has 2 rings (SSSR count). The van der Waals surface area contributed by atoms with Crippen molar-refractivity contribution in [3.8, 4) is 0 Å². The fourth-order valence-electron chi connectivity index (χ4n) is 2.49. The monoisotopic (exact) mass is 362 g/mol. The third-order valence-electron chi connectivity index (χ3n) is 3.66. The second-order valence-corrected chi connectivity index (χ2v) is 6.39. The number of carboxylic acids is 1. The number of urea groups is 1. The first kappa shape index (κ1) is 18.4. The first-order valence-corrected chi connectivity index (χ1v) is 8.19. The van der Waals surface area contributed by atoms with Gasteiger partial charge in [0, 0.05) is 10.8 Å². The highest BCUT2D eigenvalue weighted by atomic mass is 32.1. The van der Waals surface area contributed by atoms with E-state index in [0.717, 1.165) is 4.88 Å². The van der Waals surface area contributed by atoms with Crippen LogP contribution in [0.4, 0.5) is 10.5 Å². The van der Waals surface area contributed by atoms with Gasteiger partial charge in [-0.2, -0.15) is 0 Å². The van der Waals surface area contributed by atoms with Crippen molar-refractivity contribution in [3.05, 3.63) is 51.7 Å². The zero-order valence-electron chi connectivity index (χ0n) is 13.1. The van der Waals surface area contributed by atoms with Gasteiger partial charge in [-0.3, -0.25) is 9.59 Å². The number of carboxylic acid groups (broad SMARTS) is 1. The summed E-state index contributed by atoms with van der Waals surface area (Å²) in [5.41, 5.74) is 17.1. The normalized spacial score (nSPS) is 13.0. The van der Waals surface area contributed by atoms with Gasteiger partial charge < -0.3 is 27.6 Å². The highest BCUT2D eigenvalue weighted by Crippen LogP contribution is 2.34. The minimum absolute atomic E-state index is 0.106. The van der Waals surface area contributed by atoms with Gasteiger partial charge in [0.2, 0.25) is 0 Å². The van der Waals surface area contributed by atoms with Crippen LogP contribution in [0.5, 0.6) is 0 Å². The van der Waals surface area contributed by atoms with E-state index in [9.17, 15) is 14.4 Å². The van der Waals surface area contributed by atoms with Crippen molar-refractivity contribution in [2.75, 3.05) is 5.32 Å². The van der Waals surface area contributed by atoms with E-state index in [1.54, 1.807) is 12.1 Å². The summed E-state index contributed by atoms with van der Waals surface area (Å²) in [6.07, 6.45) is 0.155. The molecule has 8 N–H and O–H groups in total. The highest BCUT2D eigenvalue weighted by Gasteiger charge is 2.24. The van der Waals surface area contributed by atoms with Crippen LogP contribution in [0.1, 0.15) is 33.1 Å². The lowest BCUT2D eigenvalue weighted by Gasteiger charge is -2.20. The summed E-state index contributed by atoms with van der Waals surface area (Å²) in [5.74, 6) is -2.14. The Bertz CT molecular complexity index is 791. The van der Waals surface area contributed by atoms with Crippen LogP contribution in [-0.2, 0) is 4.79 Å². The van der Waals surface area contributed by atoms with E-state index in [2.05, 4.69) is 5.32 Å². The van der Waals surface area contributed by atoms with Gasteiger partial charge in [-0.25, -0.2) is 4.79 Å². The molecule has 0 saturated heterocycles. The van der Waals surface area contributed by atoms with Crippen molar-refractivity contribution in [2.45, 2.75) is 18.4 Å². The number of aliphatic carboxylic acids is 1. The molecule has 1 unspecified atom stereocenters. The van der Waals surface area contributed by atoms with Crippen molar-refractivity contribution in [2.24, 2.45) is 17.2 Å². The maximum atomic E-state index is 11.5. The quantitative estimate of drug-likeness (QED) is 0.500. The third-order valence-corrected chi connectivity index (χ3v) is 4.65. The first-order chi connectivity index (χ1) is 11.8. The number of carbonyl (C=O) groups excluding carboxylic acids is 2. The fraction of sp³-hybridized carbons (Fsp3) is 0.188. The maximum absolute atomic E-state index is 11.5. The summed E-state index contributed by atoms with van der Waals surface area (Å²) in [7, 11) is 0. The molecule has 0 fully saturated rings. The van der Waals surface area contributed by atoms with Gasteiger partial charge in [0.25, 0.3) is 5.91 Å². The number of nitrogens with one attached hydrogen (secondary N) is 1. The van der Waals surface area contributed by atoms with Gasteiger partial charge >= 0.3 is 12.0 Å². The van der Waals surface area contributed by atoms with Gasteiger partial charge in [0.1, 0.15) is 6.04 Å². The van der Waals surface area contributed by atoms with Crippen molar-refractivity contribution in [1.29, 1.82) is 0 Å². The SMILES string of the molecule is NC(=O)Nc1cc(C(C[C@H](N)C(=O)O)c2cccs2)ccc1C(N)=O. The van der Waals surface area contributed by atoms with Crippen LogP contribution < -0.4 is 22.5 Å². The molecule has 0 aliphatic rings. The number of benzene rings is 1. The summed E-state index contributed by atoms with van der Waals surface area (Å²) in [6.45, 7) is 0. The molecule has 0 radical (unpaired) electrons. The van der Waals surface area contributed by atoms with Crippen LogP contribution in [0.3, 0.4) is 0 Å². The van der Waals surface area contributed by atoms with Crippen molar-refractivity contribution in [3.63, 3.8) is 0 Å². The Balaban J connectivity index is 2.47. The number of primary amides is 2. The van der Waals surface area contributed by atoms with E-state index < -0.39 is 23.9 Å². The number of thiophene rings is 1. The first-order valence-electron chi connectivity index (χ1n) is 7.31. The molecule has 9 heteroatoms. The number of anilines is 1. The number of rotatable bonds is 7. The van der Waals surface area contributed by atoms with E-state index in [0.29, 0.717) is 5.56 Å². The Labute approximate surface area is 147 Å². The summed E-state index contributed by atoms with van der Waals surface area (Å²) in [6, 6.07) is 6.50. The Morgan fingerprint density at radius 1 is 1.20 bits per heavy atom. The lowest BCUT2D eigenvalue weighted by atomic mass is 9.89. The van der Waals surface area contributed by atoms with E-state index in [4.69, 9.17) is 22.3 Å².